The lowest BCUT2D eigenvalue weighted by molar-refractivity contribution is -0.135. The molecular weight excluding hydrogens is 363 g/mol. The minimum Gasteiger partial charge on any atom is -0.493 e. The zero-order valence-corrected chi connectivity index (χ0v) is 16.0. The van der Waals surface area contributed by atoms with Crippen molar-refractivity contribution in [2.75, 3.05) is 53.0 Å². The Labute approximate surface area is 164 Å². The average Bonchev–Trinajstić information content (AvgIpc) is 2.74. The molecule has 1 aliphatic rings. The lowest BCUT2D eigenvalue weighted by atomic mass is 10.3. The first-order valence-corrected chi connectivity index (χ1v) is 9.30. The Balaban J connectivity index is 1.37. The average molecular weight is 388 g/mol. The van der Waals surface area contributed by atoms with E-state index in [1.165, 1.54) is 6.07 Å². The molecule has 150 valence electrons. The molecule has 0 unspecified atom stereocenters. The van der Waals surface area contributed by atoms with Gasteiger partial charge in [0.1, 0.15) is 6.61 Å². The third-order valence-corrected chi connectivity index (χ3v) is 4.65. The number of rotatable bonds is 8. The molecule has 6 nitrogen and oxygen atoms in total. The molecule has 1 amide bonds. The fraction of sp³-hybridized carbons (Fsp3) is 0.381. The number of methoxy groups -OCH3 is 1. The van der Waals surface area contributed by atoms with Crippen molar-refractivity contribution in [1.29, 1.82) is 0 Å². The quantitative estimate of drug-likeness (QED) is 0.695. The van der Waals surface area contributed by atoms with Crippen molar-refractivity contribution in [3.05, 3.63) is 54.3 Å². The minimum atomic E-state index is -0.354. The van der Waals surface area contributed by atoms with Gasteiger partial charge in [-0.3, -0.25) is 9.69 Å². The van der Waals surface area contributed by atoms with Crippen molar-refractivity contribution in [2.24, 2.45) is 0 Å². The molecule has 0 atom stereocenters. The number of carbonyl (C=O) groups is 1. The number of piperazine rings is 1. The first-order valence-electron chi connectivity index (χ1n) is 9.30. The van der Waals surface area contributed by atoms with E-state index in [0.29, 0.717) is 37.7 Å². The Morgan fingerprint density at radius 1 is 0.929 bits per heavy atom. The van der Waals surface area contributed by atoms with Crippen LogP contribution in [0.3, 0.4) is 0 Å². The number of ether oxygens (including phenoxy) is 3. The molecule has 1 fully saturated rings. The normalized spacial score (nSPS) is 14.6. The van der Waals surface area contributed by atoms with E-state index in [0.717, 1.165) is 13.1 Å². The summed E-state index contributed by atoms with van der Waals surface area (Å²) in [6, 6.07) is 13.6. The summed E-state index contributed by atoms with van der Waals surface area (Å²) >= 11 is 0. The van der Waals surface area contributed by atoms with Gasteiger partial charge in [0.25, 0.3) is 5.91 Å². The summed E-state index contributed by atoms with van der Waals surface area (Å²) in [6.07, 6.45) is 0. The smallest absolute Gasteiger partial charge is 0.260 e. The van der Waals surface area contributed by atoms with Gasteiger partial charge in [-0.2, -0.15) is 0 Å². The van der Waals surface area contributed by atoms with E-state index in [1.807, 2.05) is 12.1 Å². The van der Waals surface area contributed by atoms with Gasteiger partial charge in [0.05, 0.1) is 7.11 Å². The largest absolute Gasteiger partial charge is 0.493 e. The molecule has 0 aliphatic carbocycles. The summed E-state index contributed by atoms with van der Waals surface area (Å²) in [5.41, 5.74) is 0. The number of carbonyl (C=O) groups excluding carboxylic acids is 1. The highest BCUT2D eigenvalue weighted by atomic mass is 19.1. The number of nitrogens with zero attached hydrogens (tertiary/aromatic N) is 2. The van der Waals surface area contributed by atoms with Gasteiger partial charge in [0.2, 0.25) is 0 Å². The van der Waals surface area contributed by atoms with Crippen LogP contribution in [0.5, 0.6) is 17.2 Å². The van der Waals surface area contributed by atoms with E-state index in [-0.39, 0.29) is 24.1 Å². The predicted octanol–water partition coefficient (Wildman–Crippen LogP) is 2.44. The molecule has 0 saturated carbocycles. The van der Waals surface area contributed by atoms with Crippen molar-refractivity contribution < 1.29 is 23.4 Å². The van der Waals surface area contributed by atoms with Gasteiger partial charge in [-0.15, -0.1) is 0 Å². The van der Waals surface area contributed by atoms with Gasteiger partial charge in [0, 0.05) is 32.7 Å². The van der Waals surface area contributed by atoms with Gasteiger partial charge >= 0.3 is 0 Å². The van der Waals surface area contributed by atoms with Gasteiger partial charge < -0.3 is 19.1 Å². The molecule has 1 heterocycles. The number of benzene rings is 2. The topological polar surface area (TPSA) is 51.2 Å². The third kappa shape index (κ3) is 5.36. The van der Waals surface area contributed by atoms with Crippen LogP contribution >= 0.6 is 0 Å². The highest BCUT2D eigenvalue weighted by Crippen LogP contribution is 2.25. The van der Waals surface area contributed by atoms with Crippen LogP contribution in [0, 0.1) is 5.82 Å². The number of hydrogen-bond donors (Lipinski definition) is 0. The molecule has 0 aromatic heterocycles. The molecule has 2 aromatic carbocycles. The van der Waals surface area contributed by atoms with Crippen LogP contribution in [-0.4, -0.2) is 68.8 Å². The summed E-state index contributed by atoms with van der Waals surface area (Å²) in [5.74, 6) is 1.03. The van der Waals surface area contributed by atoms with Crippen LogP contribution in [0.25, 0.3) is 0 Å². The zero-order chi connectivity index (χ0) is 19.8. The maximum Gasteiger partial charge on any atom is 0.260 e. The molecule has 0 radical (unpaired) electrons. The fourth-order valence-electron chi connectivity index (χ4n) is 3.04. The Hall–Kier alpha value is -2.80. The van der Waals surface area contributed by atoms with Crippen LogP contribution < -0.4 is 14.2 Å². The molecule has 28 heavy (non-hydrogen) atoms. The van der Waals surface area contributed by atoms with E-state index in [1.54, 1.807) is 42.3 Å². The van der Waals surface area contributed by atoms with Crippen LogP contribution in [0.2, 0.25) is 0 Å². The molecular formula is C21H25FN2O4. The van der Waals surface area contributed by atoms with Gasteiger partial charge in [-0.05, 0) is 24.3 Å². The Kier molecular flexibility index (Phi) is 7.08. The first kappa shape index (κ1) is 19.9. The number of amides is 1. The summed E-state index contributed by atoms with van der Waals surface area (Å²) in [7, 11) is 1.57. The second-order valence-corrected chi connectivity index (χ2v) is 6.44. The highest BCUT2D eigenvalue weighted by Gasteiger charge is 2.21. The fourth-order valence-corrected chi connectivity index (χ4v) is 3.04. The minimum absolute atomic E-state index is 0.0171. The van der Waals surface area contributed by atoms with Crippen LogP contribution in [0.1, 0.15) is 0 Å². The first-order chi connectivity index (χ1) is 13.7. The van der Waals surface area contributed by atoms with E-state index < -0.39 is 0 Å². The van der Waals surface area contributed by atoms with Crippen molar-refractivity contribution >= 4 is 5.91 Å². The summed E-state index contributed by atoms with van der Waals surface area (Å²) < 4.78 is 29.9. The van der Waals surface area contributed by atoms with Crippen LogP contribution in [0.15, 0.2) is 48.5 Å². The van der Waals surface area contributed by atoms with Crippen molar-refractivity contribution in [2.45, 2.75) is 0 Å². The lowest BCUT2D eigenvalue weighted by Gasteiger charge is -2.34. The number of halogens is 1. The monoisotopic (exact) mass is 388 g/mol. The van der Waals surface area contributed by atoms with Crippen molar-refractivity contribution in [1.82, 2.24) is 9.80 Å². The van der Waals surface area contributed by atoms with Crippen molar-refractivity contribution in [3.63, 3.8) is 0 Å². The summed E-state index contributed by atoms with van der Waals surface area (Å²) in [5, 5.41) is 0. The Morgan fingerprint density at radius 3 is 2.25 bits per heavy atom. The Morgan fingerprint density at radius 2 is 1.57 bits per heavy atom. The molecule has 2 aromatic rings. The second kappa shape index (κ2) is 9.94. The SMILES string of the molecule is COc1ccccc1OCC(=O)N1CCN(CCOc2ccccc2F)CC1. The van der Waals surface area contributed by atoms with E-state index >= 15 is 0 Å². The zero-order valence-electron chi connectivity index (χ0n) is 16.0. The third-order valence-electron chi connectivity index (χ3n) is 4.65. The summed E-state index contributed by atoms with van der Waals surface area (Å²) in [4.78, 5) is 16.4. The maximum atomic E-state index is 13.5. The lowest BCUT2D eigenvalue weighted by Crippen LogP contribution is -2.50. The number of hydrogen-bond acceptors (Lipinski definition) is 5. The molecule has 0 spiro atoms. The molecule has 3 rings (SSSR count). The Bertz CT molecular complexity index is 779. The molecule has 1 saturated heterocycles. The van der Waals surface area contributed by atoms with E-state index in [4.69, 9.17) is 14.2 Å². The summed E-state index contributed by atoms with van der Waals surface area (Å²) in [6.45, 7) is 3.85. The molecule has 7 heteroatoms. The second-order valence-electron chi connectivity index (χ2n) is 6.44. The molecule has 1 aliphatic heterocycles. The molecule has 0 bridgehead atoms. The predicted molar refractivity (Wildman–Crippen MR) is 103 cm³/mol. The van der Waals surface area contributed by atoms with Gasteiger partial charge in [-0.25, -0.2) is 4.39 Å². The van der Waals surface area contributed by atoms with E-state index in [2.05, 4.69) is 4.90 Å². The van der Waals surface area contributed by atoms with Crippen LogP contribution in [0.4, 0.5) is 4.39 Å². The number of para-hydroxylation sites is 3. The van der Waals surface area contributed by atoms with Gasteiger partial charge in [0.15, 0.2) is 29.7 Å². The molecule has 0 N–H and O–H groups in total. The van der Waals surface area contributed by atoms with Gasteiger partial charge in [-0.1, -0.05) is 24.3 Å². The highest BCUT2D eigenvalue weighted by molar-refractivity contribution is 5.78. The van der Waals surface area contributed by atoms with Crippen molar-refractivity contribution in [3.8, 4) is 17.2 Å². The van der Waals surface area contributed by atoms with E-state index in [9.17, 15) is 9.18 Å². The van der Waals surface area contributed by atoms with Crippen LogP contribution in [-0.2, 0) is 4.79 Å². The maximum absolute atomic E-state index is 13.5. The standard InChI is InChI=1S/C21H25FN2O4/c1-26-19-8-4-5-9-20(19)28-16-21(25)24-12-10-23(11-13-24)14-15-27-18-7-3-2-6-17(18)22/h2-9H,10-16H2,1H3.